The summed E-state index contributed by atoms with van der Waals surface area (Å²) in [6.07, 6.45) is 1.27. The highest BCUT2D eigenvalue weighted by Crippen LogP contribution is 2.30. The lowest BCUT2D eigenvalue weighted by molar-refractivity contribution is -0.119. The topological polar surface area (TPSA) is 40.9 Å². The second-order valence-corrected chi connectivity index (χ2v) is 4.07. The summed E-state index contributed by atoms with van der Waals surface area (Å²) in [7, 11) is 0. The molecule has 0 saturated carbocycles. The van der Waals surface area contributed by atoms with Crippen LogP contribution < -0.4 is 0 Å². The Kier molecular flexibility index (Phi) is 4.84. The molecule has 1 unspecified atom stereocenters. The number of nitrogens with zero attached hydrogens (tertiary/aromatic N) is 1. The molecule has 0 aliphatic heterocycles. The van der Waals surface area contributed by atoms with Gasteiger partial charge < -0.3 is 0 Å². The van der Waals surface area contributed by atoms with Gasteiger partial charge in [0.15, 0.2) is 0 Å². The molecule has 1 atom stereocenters. The maximum absolute atomic E-state index is 14.3. The third kappa shape index (κ3) is 3.67. The van der Waals surface area contributed by atoms with Gasteiger partial charge in [0.25, 0.3) is 0 Å². The molecule has 17 heavy (non-hydrogen) atoms. The van der Waals surface area contributed by atoms with Gasteiger partial charge in [-0.25, -0.2) is 4.39 Å². The van der Waals surface area contributed by atoms with Crippen molar-refractivity contribution in [3.63, 3.8) is 0 Å². The largest absolute Gasteiger partial charge is 0.300 e. The SMILES string of the molecule is CCCC(=O)CCC(F)(C#N)c1ccccc1. The lowest BCUT2D eigenvalue weighted by Crippen LogP contribution is -2.19. The molecule has 0 fully saturated rings. The molecule has 90 valence electrons. The van der Waals surface area contributed by atoms with E-state index in [9.17, 15) is 9.18 Å². The quantitative estimate of drug-likeness (QED) is 0.754. The molecule has 0 heterocycles. The van der Waals surface area contributed by atoms with E-state index in [1.807, 2.05) is 6.92 Å². The number of hydrogen-bond acceptors (Lipinski definition) is 2. The fraction of sp³-hybridized carbons (Fsp3) is 0.429. The molecule has 0 saturated heterocycles. The number of halogens is 1. The van der Waals surface area contributed by atoms with Gasteiger partial charge in [-0.2, -0.15) is 5.26 Å². The van der Waals surface area contributed by atoms with E-state index in [4.69, 9.17) is 5.26 Å². The Bertz CT molecular complexity index is 410. The molecule has 0 aliphatic rings. The van der Waals surface area contributed by atoms with Crippen LogP contribution in [0.5, 0.6) is 0 Å². The lowest BCUT2D eigenvalue weighted by Gasteiger charge is -2.17. The minimum Gasteiger partial charge on any atom is -0.300 e. The fourth-order valence-corrected chi connectivity index (χ4v) is 1.68. The Balaban J connectivity index is 2.71. The molecule has 1 aromatic rings. The van der Waals surface area contributed by atoms with Gasteiger partial charge in [0, 0.05) is 24.8 Å². The highest BCUT2D eigenvalue weighted by atomic mass is 19.1. The van der Waals surface area contributed by atoms with Crippen LogP contribution in [0.4, 0.5) is 4.39 Å². The molecular weight excluding hydrogens is 217 g/mol. The van der Waals surface area contributed by atoms with Crippen LogP contribution in [0.25, 0.3) is 0 Å². The van der Waals surface area contributed by atoms with Crippen LogP contribution in [0.3, 0.4) is 0 Å². The number of carbonyl (C=O) groups excluding carboxylic acids is 1. The molecule has 0 radical (unpaired) electrons. The first-order chi connectivity index (χ1) is 8.12. The van der Waals surface area contributed by atoms with E-state index in [0.29, 0.717) is 12.0 Å². The number of hydrogen-bond donors (Lipinski definition) is 0. The zero-order valence-corrected chi connectivity index (χ0v) is 9.95. The van der Waals surface area contributed by atoms with Gasteiger partial charge >= 0.3 is 0 Å². The van der Waals surface area contributed by atoms with Crippen molar-refractivity contribution in [2.45, 2.75) is 38.3 Å². The summed E-state index contributed by atoms with van der Waals surface area (Å²) >= 11 is 0. The molecule has 0 amide bonds. The normalized spacial score (nSPS) is 13.7. The summed E-state index contributed by atoms with van der Waals surface area (Å²) in [5.41, 5.74) is -1.73. The zero-order valence-electron chi connectivity index (χ0n) is 9.95. The predicted molar refractivity (Wildman–Crippen MR) is 64.0 cm³/mol. The van der Waals surface area contributed by atoms with Crippen molar-refractivity contribution in [1.82, 2.24) is 0 Å². The predicted octanol–water partition coefficient (Wildman–Crippen LogP) is 3.52. The molecule has 0 N–H and O–H groups in total. The monoisotopic (exact) mass is 233 g/mol. The minimum atomic E-state index is -2.05. The molecule has 0 aliphatic carbocycles. The van der Waals surface area contributed by atoms with Gasteiger partial charge in [-0.1, -0.05) is 37.3 Å². The fourth-order valence-electron chi connectivity index (χ4n) is 1.68. The maximum Gasteiger partial charge on any atom is 0.221 e. The number of nitriles is 1. The smallest absolute Gasteiger partial charge is 0.221 e. The van der Waals surface area contributed by atoms with Crippen molar-refractivity contribution < 1.29 is 9.18 Å². The Morgan fingerprint density at radius 2 is 2.00 bits per heavy atom. The van der Waals surface area contributed by atoms with Gasteiger partial charge in [0.1, 0.15) is 11.9 Å². The summed E-state index contributed by atoms with van der Waals surface area (Å²) in [4.78, 5) is 11.4. The molecule has 1 rings (SSSR count). The maximum atomic E-state index is 14.3. The first kappa shape index (κ1) is 13.4. The Hall–Kier alpha value is -1.69. The van der Waals surface area contributed by atoms with Gasteiger partial charge in [0.05, 0.1) is 0 Å². The van der Waals surface area contributed by atoms with E-state index in [-0.39, 0.29) is 18.6 Å². The van der Waals surface area contributed by atoms with Gasteiger partial charge in [-0.15, -0.1) is 0 Å². The van der Waals surface area contributed by atoms with Crippen molar-refractivity contribution >= 4 is 5.78 Å². The van der Waals surface area contributed by atoms with Crippen LogP contribution in [0.2, 0.25) is 0 Å². The molecule has 1 aromatic carbocycles. The number of alkyl halides is 1. The second kappa shape index (κ2) is 6.15. The molecule has 0 aromatic heterocycles. The van der Waals surface area contributed by atoms with E-state index in [0.717, 1.165) is 6.42 Å². The summed E-state index contributed by atoms with van der Waals surface area (Å²) < 4.78 is 14.3. The molecular formula is C14H16FNO. The summed E-state index contributed by atoms with van der Waals surface area (Å²) in [6, 6.07) is 9.97. The van der Waals surface area contributed by atoms with Crippen LogP contribution in [0.1, 0.15) is 38.2 Å². The van der Waals surface area contributed by atoms with Crippen molar-refractivity contribution in [1.29, 1.82) is 5.26 Å². The summed E-state index contributed by atoms with van der Waals surface area (Å²) in [5, 5.41) is 8.95. The van der Waals surface area contributed by atoms with Crippen molar-refractivity contribution in [3.8, 4) is 6.07 Å². The average Bonchev–Trinajstić information content (AvgIpc) is 2.37. The third-order valence-electron chi connectivity index (χ3n) is 2.69. The van der Waals surface area contributed by atoms with E-state index in [1.54, 1.807) is 36.4 Å². The van der Waals surface area contributed by atoms with Crippen molar-refractivity contribution in [3.05, 3.63) is 35.9 Å². The second-order valence-electron chi connectivity index (χ2n) is 4.07. The van der Waals surface area contributed by atoms with Crippen LogP contribution in [0.15, 0.2) is 30.3 Å². The summed E-state index contributed by atoms with van der Waals surface area (Å²) in [6.45, 7) is 1.90. The number of Topliss-reactive ketones (excluding diaryl/α,β-unsaturated/α-hetero) is 1. The molecule has 0 spiro atoms. The van der Waals surface area contributed by atoms with E-state index in [1.165, 1.54) is 0 Å². The lowest BCUT2D eigenvalue weighted by atomic mass is 9.91. The Morgan fingerprint density at radius 1 is 1.35 bits per heavy atom. The van der Waals surface area contributed by atoms with Gasteiger partial charge in [-0.05, 0) is 6.42 Å². The van der Waals surface area contributed by atoms with E-state index in [2.05, 4.69) is 0 Å². The third-order valence-corrected chi connectivity index (χ3v) is 2.69. The molecule has 0 bridgehead atoms. The van der Waals surface area contributed by atoms with E-state index >= 15 is 0 Å². The number of carbonyl (C=O) groups is 1. The highest BCUT2D eigenvalue weighted by molar-refractivity contribution is 5.78. The Morgan fingerprint density at radius 3 is 2.53 bits per heavy atom. The Labute approximate surface area is 101 Å². The van der Waals surface area contributed by atoms with Crippen molar-refractivity contribution in [2.75, 3.05) is 0 Å². The van der Waals surface area contributed by atoms with Crippen LogP contribution >= 0.6 is 0 Å². The number of ketones is 1. The minimum absolute atomic E-state index is 0.0145. The standard InChI is InChI=1S/C14H16FNO/c1-2-6-13(17)9-10-14(15,11-16)12-7-4-3-5-8-12/h3-5,7-8H,2,6,9-10H2,1H3. The number of benzene rings is 1. The van der Waals surface area contributed by atoms with Gasteiger partial charge in [0.2, 0.25) is 5.67 Å². The first-order valence-electron chi connectivity index (χ1n) is 5.80. The number of rotatable bonds is 6. The van der Waals surface area contributed by atoms with Gasteiger partial charge in [-0.3, -0.25) is 4.79 Å². The molecule has 3 heteroatoms. The van der Waals surface area contributed by atoms with Crippen LogP contribution in [-0.4, -0.2) is 5.78 Å². The van der Waals surface area contributed by atoms with E-state index < -0.39 is 5.67 Å². The molecule has 2 nitrogen and oxygen atoms in total. The average molecular weight is 233 g/mol. The van der Waals surface area contributed by atoms with Crippen LogP contribution in [0, 0.1) is 11.3 Å². The first-order valence-corrected chi connectivity index (χ1v) is 5.80. The summed E-state index contributed by atoms with van der Waals surface area (Å²) in [5.74, 6) is 0.0145. The highest BCUT2D eigenvalue weighted by Gasteiger charge is 2.31. The van der Waals surface area contributed by atoms with Crippen molar-refractivity contribution in [2.24, 2.45) is 0 Å². The zero-order chi connectivity index (χ0) is 12.7. The van der Waals surface area contributed by atoms with Crippen LogP contribution in [-0.2, 0) is 10.5 Å².